The van der Waals surface area contributed by atoms with E-state index < -0.39 is 18.6 Å². The van der Waals surface area contributed by atoms with Gasteiger partial charge < -0.3 is 19.6 Å². The number of fused-ring (bicyclic) bond motifs is 1. The number of ether oxygens (including phenoxy) is 1. The van der Waals surface area contributed by atoms with Crippen LogP contribution >= 0.6 is 11.3 Å². The maximum Gasteiger partial charge on any atom is 0.329 e. The van der Waals surface area contributed by atoms with Crippen LogP contribution in [0.2, 0.25) is 0 Å². The zero-order valence-corrected chi connectivity index (χ0v) is 14.8. The molecule has 0 bridgehead atoms. The van der Waals surface area contributed by atoms with Gasteiger partial charge in [-0.1, -0.05) is 6.07 Å². The Hall–Kier alpha value is -2.46. The molecule has 2 saturated heterocycles. The second kappa shape index (κ2) is 7.83. The number of piperazine rings is 1. The van der Waals surface area contributed by atoms with E-state index in [2.05, 4.69) is 0 Å². The minimum absolute atomic E-state index is 0.106. The molecule has 10 heteroatoms. The lowest BCUT2D eigenvalue weighted by Crippen LogP contribution is -2.55. The number of thiophene rings is 1. The fourth-order valence-electron chi connectivity index (χ4n) is 3.08. The summed E-state index contributed by atoms with van der Waals surface area (Å²) in [6, 6.07) is 2.89. The van der Waals surface area contributed by atoms with E-state index in [1.165, 1.54) is 14.7 Å². The Bertz CT molecular complexity index is 707. The lowest BCUT2D eigenvalue weighted by atomic mass is 10.2. The summed E-state index contributed by atoms with van der Waals surface area (Å²) in [5.74, 6) is -1.83. The Labute approximate surface area is 153 Å². The highest BCUT2D eigenvalue weighted by Crippen LogP contribution is 2.23. The van der Waals surface area contributed by atoms with Gasteiger partial charge in [0.1, 0.15) is 19.3 Å². The van der Waals surface area contributed by atoms with Gasteiger partial charge >= 0.3 is 12.0 Å². The van der Waals surface area contributed by atoms with Crippen molar-refractivity contribution in [3.8, 4) is 0 Å². The minimum Gasteiger partial charge on any atom is -0.480 e. The van der Waals surface area contributed by atoms with Crippen molar-refractivity contribution in [2.45, 2.75) is 12.5 Å². The summed E-state index contributed by atoms with van der Waals surface area (Å²) in [4.78, 5) is 52.9. The second-order valence-corrected chi connectivity index (χ2v) is 7.07. The molecule has 2 aliphatic heterocycles. The summed E-state index contributed by atoms with van der Waals surface area (Å²) in [6.07, 6.45) is 0.612. The third kappa shape index (κ3) is 3.86. The number of hydrogen-bond acceptors (Lipinski definition) is 6. The van der Waals surface area contributed by atoms with Crippen molar-refractivity contribution in [3.05, 3.63) is 22.4 Å². The van der Waals surface area contributed by atoms with Crippen molar-refractivity contribution in [1.82, 2.24) is 14.7 Å². The van der Waals surface area contributed by atoms with Gasteiger partial charge in [0.15, 0.2) is 0 Å². The lowest BCUT2D eigenvalue weighted by Gasteiger charge is -2.35. The minimum atomic E-state index is -1.15. The highest BCUT2D eigenvalue weighted by molar-refractivity contribution is 7.09. The molecule has 3 rings (SSSR count). The van der Waals surface area contributed by atoms with Gasteiger partial charge in [-0.25, -0.2) is 9.59 Å². The maximum atomic E-state index is 12.6. The number of urea groups is 1. The standard InChI is InChI=1S/C16H19N3O6S/c20-13(9-25-10-14(21)22)17-5-6-18-12(8-17)15(23)19(16(18)24)4-3-11-2-1-7-26-11/h1-2,7,12H,3-6,8-10H2,(H,21,22)/t12-/m1/s1. The van der Waals surface area contributed by atoms with Crippen molar-refractivity contribution < 1.29 is 29.0 Å². The summed E-state index contributed by atoms with van der Waals surface area (Å²) in [5, 5.41) is 10.5. The van der Waals surface area contributed by atoms with Gasteiger partial charge in [0, 0.05) is 24.5 Å². The Balaban J connectivity index is 1.56. The van der Waals surface area contributed by atoms with Gasteiger partial charge in [-0.2, -0.15) is 0 Å². The highest BCUT2D eigenvalue weighted by Gasteiger charge is 2.47. The van der Waals surface area contributed by atoms with Crippen LogP contribution in [-0.2, 0) is 25.5 Å². The first kappa shape index (κ1) is 18.3. The van der Waals surface area contributed by atoms with Crippen LogP contribution in [0.25, 0.3) is 0 Å². The second-order valence-electron chi connectivity index (χ2n) is 6.04. The number of imide groups is 1. The van der Waals surface area contributed by atoms with Crippen LogP contribution in [0.15, 0.2) is 17.5 Å². The van der Waals surface area contributed by atoms with Crippen LogP contribution < -0.4 is 0 Å². The largest absolute Gasteiger partial charge is 0.480 e. The van der Waals surface area contributed by atoms with E-state index in [1.807, 2.05) is 17.5 Å². The number of carboxylic acid groups (broad SMARTS) is 1. The average Bonchev–Trinajstić information content (AvgIpc) is 3.21. The Morgan fingerprint density at radius 2 is 2.08 bits per heavy atom. The molecule has 4 amide bonds. The fourth-order valence-corrected chi connectivity index (χ4v) is 3.78. The number of nitrogens with zero attached hydrogens (tertiary/aromatic N) is 3. The number of hydrogen-bond donors (Lipinski definition) is 1. The molecule has 0 saturated carbocycles. The number of carboxylic acids is 1. The summed E-state index contributed by atoms with van der Waals surface area (Å²) >= 11 is 1.58. The molecule has 1 aromatic heterocycles. The molecule has 0 aromatic carbocycles. The topological polar surface area (TPSA) is 107 Å². The molecular formula is C16H19N3O6S. The SMILES string of the molecule is O=C(O)COCC(=O)N1CCN2C(=O)N(CCc3cccs3)C(=O)[C@H]2C1. The van der Waals surface area contributed by atoms with Crippen molar-refractivity contribution in [2.75, 3.05) is 39.4 Å². The molecule has 1 atom stereocenters. The average molecular weight is 381 g/mol. The van der Waals surface area contributed by atoms with E-state index in [9.17, 15) is 19.2 Å². The summed E-state index contributed by atoms with van der Waals surface area (Å²) < 4.78 is 4.80. The predicted molar refractivity (Wildman–Crippen MR) is 90.7 cm³/mol. The molecule has 3 heterocycles. The maximum absolute atomic E-state index is 12.6. The molecule has 0 aliphatic carbocycles. The van der Waals surface area contributed by atoms with E-state index in [1.54, 1.807) is 11.3 Å². The van der Waals surface area contributed by atoms with Gasteiger partial charge in [0.05, 0.1) is 6.54 Å². The molecule has 9 nitrogen and oxygen atoms in total. The first-order valence-electron chi connectivity index (χ1n) is 8.19. The molecule has 0 radical (unpaired) electrons. The molecule has 1 N–H and O–H groups in total. The normalized spacial score (nSPS) is 19.8. The molecular weight excluding hydrogens is 362 g/mol. The fraction of sp³-hybridized carbons (Fsp3) is 0.500. The first-order chi connectivity index (χ1) is 12.5. The Kier molecular flexibility index (Phi) is 5.52. The number of rotatable bonds is 7. The number of carbonyl (C=O) groups is 4. The van der Waals surface area contributed by atoms with E-state index >= 15 is 0 Å². The van der Waals surface area contributed by atoms with Crippen LogP contribution in [0, 0.1) is 0 Å². The van der Waals surface area contributed by atoms with Crippen molar-refractivity contribution in [2.24, 2.45) is 0 Å². The van der Waals surface area contributed by atoms with Crippen LogP contribution in [0.1, 0.15) is 4.88 Å². The van der Waals surface area contributed by atoms with E-state index in [4.69, 9.17) is 9.84 Å². The number of amides is 4. The first-order valence-corrected chi connectivity index (χ1v) is 9.07. The van der Waals surface area contributed by atoms with Crippen molar-refractivity contribution in [3.63, 3.8) is 0 Å². The predicted octanol–water partition coefficient (Wildman–Crippen LogP) is -0.133. The lowest BCUT2D eigenvalue weighted by molar-refractivity contribution is -0.146. The molecule has 2 aliphatic rings. The quantitative estimate of drug-likeness (QED) is 0.659. The van der Waals surface area contributed by atoms with Crippen molar-refractivity contribution >= 4 is 35.2 Å². The summed E-state index contributed by atoms with van der Waals surface area (Å²) in [7, 11) is 0. The third-order valence-electron chi connectivity index (χ3n) is 4.37. The molecule has 26 heavy (non-hydrogen) atoms. The zero-order chi connectivity index (χ0) is 18.7. The Morgan fingerprint density at radius 3 is 2.77 bits per heavy atom. The monoisotopic (exact) mass is 381 g/mol. The van der Waals surface area contributed by atoms with E-state index in [0.717, 1.165) is 4.88 Å². The van der Waals surface area contributed by atoms with Gasteiger partial charge in [0.2, 0.25) is 5.91 Å². The van der Waals surface area contributed by atoms with Gasteiger partial charge in [-0.05, 0) is 17.9 Å². The zero-order valence-electron chi connectivity index (χ0n) is 14.0. The van der Waals surface area contributed by atoms with Crippen LogP contribution in [0.5, 0.6) is 0 Å². The molecule has 1 aromatic rings. The van der Waals surface area contributed by atoms with E-state index in [0.29, 0.717) is 19.5 Å². The van der Waals surface area contributed by atoms with Gasteiger partial charge in [0.25, 0.3) is 5.91 Å². The van der Waals surface area contributed by atoms with E-state index in [-0.39, 0.29) is 37.5 Å². The molecule has 0 spiro atoms. The smallest absolute Gasteiger partial charge is 0.329 e. The molecule has 140 valence electrons. The van der Waals surface area contributed by atoms with Crippen LogP contribution in [0.3, 0.4) is 0 Å². The number of aliphatic carboxylic acids is 1. The highest BCUT2D eigenvalue weighted by atomic mass is 32.1. The Morgan fingerprint density at radius 1 is 1.27 bits per heavy atom. The third-order valence-corrected chi connectivity index (χ3v) is 5.31. The van der Waals surface area contributed by atoms with Crippen LogP contribution in [-0.4, -0.2) is 89.1 Å². The summed E-state index contributed by atoms with van der Waals surface area (Å²) in [5.41, 5.74) is 0. The molecule has 0 unspecified atom stereocenters. The van der Waals surface area contributed by atoms with Crippen LogP contribution in [0.4, 0.5) is 4.79 Å². The number of carbonyl (C=O) groups excluding carboxylic acids is 3. The van der Waals surface area contributed by atoms with Crippen molar-refractivity contribution in [1.29, 1.82) is 0 Å². The van der Waals surface area contributed by atoms with Gasteiger partial charge in [-0.3, -0.25) is 14.5 Å². The summed E-state index contributed by atoms with van der Waals surface area (Å²) in [6.45, 7) is 0.0848. The molecule has 2 fully saturated rings. The van der Waals surface area contributed by atoms with Gasteiger partial charge in [-0.15, -0.1) is 11.3 Å².